The van der Waals surface area contributed by atoms with Crippen LogP contribution in [-0.2, 0) is 23.7 Å². The highest BCUT2D eigenvalue weighted by atomic mass is 16.9. The van der Waals surface area contributed by atoms with Gasteiger partial charge in [-0.1, -0.05) is 13.0 Å². The molecule has 1 fully saturated rings. The van der Waals surface area contributed by atoms with Crippen molar-refractivity contribution in [2.45, 2.75) is 50.6 Å². The van der Waals surface area contributed by atoms with Crippen LogP contribution < -0.4 is 0 Å². The van der Waals surface area contributed by atoms with Gasteiger partial charge in [0.2, 0.25) is 0 Å². The van der Waals surface area contributed by atoms with Gasteiger partial charge in [0.25, 0.3) is 0 Å². The first kappa shape index (κ1) is 17.4. The van der Waals surface area contributed by atoms with Crippen molar-refractivity contribution in [2.24, 2.45) is 0 Å². The molecule has 0 spiro atoms. The Morgan fingerprint density at radius 3 is 2.50 bits per heavy atom. The van der Waals surface area contributed by atoms with Gasteiger partial charge in [0.1, 0.15) is 5.60 Å². The molecule has 5 heteroatoms. The van der Waals surface area contributed by atoms with E-state index >= 15 is 0 Å². The quantitative estimate of drug-likeness (QED) is 0.371. The first-order valence-corrected chi connectivity index (χ1v) is 7.26. The third kappa shape index (κ3) is 3.73. The van der Waals surface area contributed by atoms with Gasteiger partial charge in [-0.05, 0) is 32.1 Å². The highest BCUT2D eigenvalue weighted by Gasteiger charge is 2.56. The van der Waals surface area contributed by atoms with Crippen LogP contribution in [0.25, 0.3) is 0 Å². The van der Waals surface area contributed by atoms with Gasteiger partial charge in [0.15, 0.2) is 0 Å². The maximum atomic E-state index is 5.76. The standard InChI is InChI=1S/C15H28O5/c1-5-6-11-19-12-7-9-14(16-2)10-8-13-20-15(14,17-3)18-4/h6,11H,5,7-10,12-13H2,1-4H3. The van der Waals surface area contributed by atoms with Crippen LogP contribution in [0.1, 0.15) is 39.0 Å². The van der Waals surface area contributed by atoms with Gasteiger partial charge in [-0.15, -0.1) is 0 Å². The van der Waals surface area contributed by atoms with E-state index in [-0.39, 0.29) is 0 Å². The Labute approximate surface area is 122 Å². The van der Waals surface area contributed by atoms with E-state index in [0.29, 0.717) is 13.2 Å². The van der Waals surface area contributed by atoms with Crippen LogP contribution in [0.5, 0.6) is 0 Å². The molecular weight excluding hydrogens is 260 g/mol. The molecule has 1 rings (SSSR count). The van der Waals surface area contributed by atoms with E-state index < -0.39 is 11.6 Å². The Morgan fingerprint density at radius 1 is 1.15 bits per heavy atom. The summed E-state index contributed by atoms with van der Waals surface area (Å²) in [6.45, 7) is 3.33. The summed E-state index contributed by atoms with van der Waals surface area (Å²) < 4.78 is 27.9. The third-order valence-electron chi connectivity index (χ3n) is 3.77. The molecule has 1 aliphatic heterocycles. The highest BCUT2D eigenvalue weighted by Crippen LogP contribution is 2.42. The van der Waals surface area contributed by atoms with Crippen LogP contribution in [0.3, 0.4) is 0 Å². The first-order valence-electron chi connectivity index (χ1n) is 7.26. The number of allylic oxidation sites excluding steroid dienone is 1. The van der Waals surface area contributed by atoms with Crippen LogP contribution in [0.2, 0.25) is 0 Å². The summed E-state index contributed by atoms with van der Waals surface area (Å²) in [6.07, 6.45) is 8.09. The topological polar surface area (TPSA) is 46.2 Å². The van der Waals surface area contributed by atoms with E-state index in [1.807, 2.05) is 6.08 Å². The molecule has 0 saturated carbocycles. The summed E-state index contributed by atoms with van der Waals surface area (Å²) in [5.74, 6) is -1.13. The number of hydrogen-bond acceptors (Lipinski definition) is 5. The molecule has 5 nitrogen and oxygen atoms in total. The van der Waals surface area contributed by atoms with Crippen molar-refractivity contribution in [3.63, 3.8) is 0 Å². The van der Waals surface area contributed by atoms with Crippen LogP contribution in [0.4, 0.5) is 0 Å². The lowest BCUT2D eigenvalue weighted by Crippen LogP contribution is -2.62. The molecule has 118 valence electrons. The lowest BCUT2D eigenvalue weighted by atomic mass is 9.87. The lowest BCUT2D eigenvalue weighted by Gasteiger charge is -2.49. The van der Waals surface area contributed by atoms with E-state index in [1.165, 1.54) is 0 Å². The molecule has 0 aromatic carbocycles. The molecule has 1 saturated heterocycles. The Kier molecular flexibility index (Phi) is 7.51. The van der Waals surface area contributed by atoms with Gasteiger partial charge in [-0.2, -0.15) is 0 Å². The molecule has 0 aliphatic carbocycles. The third-order valence-corrected chi connectivity index (χ3v) is 3.77. The van der Waals surface area contributed by atoms with Gasteiger partial charge >= 0.3 is 5.97 Å². The summed E-state index contributed by atoms with van der Waals surface area (Å²) in [4.78, 5) is 0. The Hall–Kier alpha value is -0.620. The maximum Gasteiger partial charge on any atom is 0.313 e. The van der Waals surface area contributed by atoms with Crippen LogP contribution in [-0.4, -0.2) is 46.1 Å². The molecule has 20 heavy (non-hydrogen) atoms. The monoisotopic (exact) mass is 288 g/mol. The van der Waals surface area contributed by atoms with E-state index in [2.05, 4.69) is 6.92 Å². The van der Waals surface area contributed by atoms with Crippen molar-refractivity contribution in [1.29, 1.82) is 0 Å². The normalized spacial score (nSPS) is 26.0. The van der Waals surface area contributed by atoms with Crippen molar-refractivity contribution in [3.05, 3.63) is 12.3 Å². The molecular formula is C15H28O5. The zero-order chi connectivity index (χ0) is 14.9. The molecule has 1 heterocycles. The van der Waals surface area contributed by atoms with Gasteiger partial charge in [-0.3, -0.25) is 0 Å². The predicted octanol–water partition coefficient (Wildman–Crippen LogP) is 2.85. The second-order valence-electron chi connectivity index (χ2n) is 4.87. The average molecular weight is 288 g/mol. The SMILES string of the molecule is CCC=COCCCC1(OC)CCCOC1(OC)OC. The zero-order valence-electron chi connectivity index (χ0n) is 13.1. The molecule has 1 aliphatic rings. The van der Waals surface area contributed by atoms with E-state index in [0.717, 1.165) is 32.1 Å². The predicted molar refractivity (Wildman–Crippen MR) is 76.3 cm³/mol. The summed E-state index contributed by atoms with van der Waals surface area (Å²) in [5.41, 5.74) is -0.591. The summed E-state index contributed by atoms with van der Waals surface area (Å²) >= 11 is 0. The lowest BCUT2D eigenvalue weighted by molar-refractivity contribution is -0.445. The van der Waals surface area contributed by atoms with Crippen LogP contribution in [0.15, 0.2) is 12.3 Å². The summed E-state index contributed by atoms with van der Waals surface area (Å²) in [5, 5.41) is 0. The smallest absolute Gasteiger partial charge is 0.313 e. The maximum absolute atomic E-state index is 5.76. The fourth-order valence-corrected chi connectivity index (χ4v) is 2.70. The van der Waals surface area contributed by atoms with Crippen molar-refractivity contribution in [2.75, 3.05) is 34.5 Å². The van der Waals surface area contributed by atoms with E-state index in [1.54, 1.807) is 27.6 Å². The Bertz CT molecular complexity index is 288. The van der Waals surface area contributed by atoms with Crippen LogP contribution in [0, 0.1) is 0 Å². The first-order chi connectivity index (χ1) is 9.70. The number of methoxy groups -OCH3 is 3. The van der Waals surface area contributed by atoms with Gasteiger partial charge in [-0.25, -0.2) is 0 Å². The van der Waals surface area contributed by atoms with Crippen molar-refractivity contribution in [3.8, 4) is 0 Å². The average Bonchev–Trinajstić information content (AvgIpc) is 2.51. The number of hydrogen-bond donors (Lipinski definition) is 0. The van der Waals surface area contributed by atoms with Gasteiger partial charge in [0.05, 0.1) is 19.5 Å². The Balaban J connectivity index is 2.61. The summed E-state index contributed by atoms with van der Waals surface area (Å²) in [6, 6.07) is 0. The van der Waals surface area contributed by atoms with Crippen molar-refractivity contribution < 1.29 is 23.7 Å². The largest absolute Gasteiger partial charge is 0.502 e. The van der Waals surface area contributed by atoms with E-state index in [4.69, 9.17) is 23.7 Å². The fourth-order valence-electron chi connectivity index (χ4n) is 2.70. The fraction of sp³-hybridized carbons (Fsp3) is 0.867. The van der Waals surface area contributed by atoms with Crippen molar-refractivity contribution in [1.82, 2.24) is 0 Å². The highest BCUT2D eigenvalue weighted by molar-refractivity contribution is 4.93. The summed E-state index contributed by atoms with van der Waals surface area (Å²) in [7, 11) is 4.85. The molecule has 0 aromatic heterocycles. The van der Waals surface area contributed by atoms with Crippen LogP contribution >= 0.6 is 0 Å². The Morgan fingerprint density at radius 2 is 1.90 bits per heavy atom. The minimum Gasteiger partial charge on any atom is -0.502 e. The van der Waals surface area contributed by atoms with Gasteiger partial charge in [0, 0.05) is 21.3 Å². The van der Waals surface area contributed by atoms with Gasteiger partial charge < -0.3 is 23.7 Å². The zero-order valence-corrected chi connectivity index (χ0v) is 13.1. The molecule has 0 N–H and O–H groups in total. The number of rotatable bonds is 9. The number of ether oxygens (including phenoxy) is 5. The second kappa shape index (κ2) is 8.62. The molecule has 0 amide bonds. The molecule has 1 atom stereocenters. The molecule has 0 aromatic rings. The minimum atomic E-state index is -1.13. The van der Waals surface area contributed by atoms with Crippen molar-refractivity contribution >= 4 is 0 Å². The molecule has 0 radical (unpaired) electrons. The second-order valence-corrected chi connectivity index (χ2v) is 4.87. The van der Waals surface area contributed by atoms with E-state index in [9.17, 15) is 0 Å². The molecule has 0 bridgehead atoms. The molecule has 1 unspecified atom stereocenters. The minimum absolute atomic E-state index is 0.591.